The monoisotopic (exact) mass is 216 g/mol. The third-order valence-electron chi connectivity index (χ3n) is 3.08. The maximum Gasteiger partial charge on any atom is 0.126 e. The standard InChI is InChI=1S/C15H20O/c1-2-13-9-11-15(12-10-13)16-14-7-5-3-4-6-8-14/h7,9-12H,2-6,8H2,1H3. The molecule has 0 radical (unpaired) electrons. The molecule has 0 atom stereocenters. The minimum absolute atomic E-state index is 0.977. The van der Waals surface area contributed by atoms with Gasteiger partial charge in [-0.25, -0.2) is 0 Å². The van der Waals surface area contributed by atoms with Crippen LogP contribution < -0.4 is 4.74 Å². The molecule has 0 fully saturated rings. The summed E-state index contributed by atoms with van der Waals surface area (Å²) in [5.41, 5.74) is 1.36. The molecule has 0 heterocycles. The third kappa shape index (κ3) is 3.13. The van der Waals surface area contributed by atoms with Crippen molar-refractivity contribution in [2.24, 2.45) is 0 Å². The zero-order chi connectivity index (χ0) is 11.2. The van der Waals surface area contributed by atoms with Gasteiger partial charge in [-0.05, 0) is 49.5 Å². The molecule has 1 aliphatic rings. The lowest BCUT2D eigenvalue weighted by molar-refractivity contribution is 0.400. The molecular formula is C15H20O. The molecule has 1 aliphatic carbocycles. The molecule has 0 amide bonds. The molecule has 0 aliphatic heterocycles. The van der Waals surface area contributed by atoms with Crippen molar-refractivity contribution in [1.82, 2.24) is 0 Å². The van der Waals surface area contributed by atoms with Crippen molar-refractivity contribution in [1.29, 1.82) is 0 Å². The molecule has 1 nitrogen and oxygen atoms in total. The Morgan fingerprint density at radius 1 is 1.06 bits per heavy atom. The highest BCUT2D eigenvalue weighted by Crippen LogP contribution is 2.22. The molecule has 2 rings (SSSR count). The van der Waals surface area contributed by atoms with E-state index in [0.717, 1.165) is 24.4 Å². The van der Waals surface area contributed by atoms with Crippen LogP contribution in [0.15, 0.2) is 36.1 Å². The molecule has 0 unspecified atom stereocenters. The average molecular weight is 216 g/mol. The van der Waals surface area contributed by atoms with Gasteiger partial charge in [-0.2, -0.15) is 0 Å². The van der Waals surface area contributed by atoms with Crippen LogP contribution in [0.2, 0.25) is 0 Å². The predicted octanol–water partition coefficient (Wildman–Crippen LogP) is 4.48. The van der Waals surface area contributed by atoms with E-state index in [2.05, 4.69) is 37.3 Å². The molecule has 0 saturated heterocycles. The molecule has 0 N–H and O–H groups in total. The van der Waals surface area contributed by atoms with Crippen molar-refractivity contribution in [3.63, 3.8) is 0 Å². The van der Waals surface area contributed by atoms with Gasteiger partial charge in [0.05, 0.1) is 0 Å². The van der Waals surface area contributed by atoms with Crippen molar-refractivity contribution in [2.45, 2.75) is 45.4 Å². The minimum Gasteiger partial charge on any atom is -0.462 e. The highest BCUT2D eigenvalue weighted by Gasteiger charge is 2.04. The van der Waals surface area contributed by atoms with Gasteiger partial charge >= 0.3 is 0 Å². The topological polar surface area (TPSA) is 9.23 Å². The van der Waals surface area contributed by atoms with E-state index < -0.39 is 0 Å². The first-order valence-electron chi connectivity index (χ1n) is 6.34. The lowest BCUT2D eigenvalue weighted by Crippen LogP contribution is -1.94. The lowest BCUT2D eigenvalue weighted by atomic mass is 10.2. The zero-order valence-electron chi connectivity index (χ0n) is 10.0. The van der Waals surface area contributed by atoms with Gasteiger partial charge in [0.25, 0.3) is 0 Å². The van der Waals surface area contributed by atoms with Gasteiger partial charge in [0, 0.05) is 6.42 Å². The Morgan fingerprint density at radius 2 is 1.88 bits per heavy atom. The number of allylic oxidation sites excluding steroid dienone is 2. The first-order valence-corrected chi connectivity index (χ1v) is 6.34. The van der Waals surface area contributed by atoms with Crippen LogP contribution in [0.5, 0.6) is 5.75 Å². The molecule has 1 aromatic carbocycles. The van der Waals surface area contributed by atoms with Crippen LogP contribution >= 0.6 is 0 Å². The number of rotatable bonds is 3. The summed E-state index contributed by atoms with van der Waals surface area (Å²) in [4.78, 5) is 0. The van der Waals surface area contributed by atoms with E-state index in [1.807, 2.05) is 0 Å². The van der Waals surface area contributed by atoms with Gasteiger partial charge in [0.2, 0.25) is 0 Å². The highest BCUT2D eigenvalue weighted by atomic mass is 16.5. The van der Waals surface area contributed by atoms with E-state index in [1.165, 1.54) is 31.2 Å². The largest absolute Gasteiger partial charge is 0.462 e. The van der Waals surface area contributed by atoms with Crippen molar-refractivity contribution < 1.29 is 4.74 Å². The quantitative estimate of drug-likeness (QED) is 0.724. The fraction of sp³-hybridized carbons (Fsp3) is 0.467. The summed E-state index contributed by atoms with van der Waals surface area (Å²) in [5, 5.41) is 0. The van der Waals surface area contributed by atoms with E-state index in [4.69, 9.17) is 4.74 Å². The summed E-state index contributed by atoms with van der Waals surface area (Å²) in [6.45, 7) is 2.17. The highest BCUT2D eigenvalue weighted by molar-refractivity contribution is 5.28. The number of ether oxygens (including phenoxy) is 1. The Kier molecular flexibility index (Phi) is 4.03. The molecule has 0 saturated carbocycles. The summed E-state index contributed by atoms with van der Waals surface area (Å²) in [6.07, 6.45) is 9.50. The molecule has 0 spiro atoms. The summed E-state index contributed by atoms with van der Waals surface area (Å²) in [7, 11) is 0. The normalized spacial score (nSPS) is 16.4. The summed E-state index contributed by atoms with van der Waals surface area (Å²) in [5.74, 6) is 2.13. The Morgan fingerprint density at radius 3 is 2.62 bits per heavy atom. The lowest BCUT2D eigenvalue weighted by Gasteiger charge is -2.09. The van der Waals surface area contributed by atoms with E-state index >= 15 is 0 Å². The van der Waals surface area contributed by atoms with Crippen LogP contribution in [0.1, 0.15) is 44.6 Å². The second-order valence-electron chi connectivity index (χ2n) is 4.37. The maximum atomic E-state index is 5.90. The van der Waals surface area contributed by atoms with Gasteiger partial charge in [0.15, 0.2) is 0 Å². The van der Waals surface area contributed by atoms with E-state index in [9.17, 15) is 0 Å². The fourth-order valence-corrected chi connectivity index (χ4v) is 2.02. The van der Waals surface area contributed by atoms with Gasteiger partial charge in [-0.3, -0.25) is 0 Å². The number of benzene rings is 1. The smallest absolute Gasteiger partial charge is 0.126 e. The van der Waals surface area contributed by atoms with Crippen molar-refractivity contribution in [3.05, 3.63) is 41.7 Å². The first-order chi connectivity index (χ1) is 7.88. The molecule has 0 bridgehead atoms. The molecule has 0 aromatic heterocycles. The third-order valence-corrected chi connectivity index (χ3v) is 3.08. The van der Waals surface area contributed by atoms with Crippen LogP contribution in [-0.2, 0) is 6.42 Å². The molecule has 86 valence electrons. The van der Waals surface area contributed by atoms with Gasteiger partial charge in [-0.15, -0.1) is 0 Å². The Labute approximate surface area is 98.1 Å². The van der Waals surface area contributed by atoms with Crippen molar-refractivity contribution in [2.75, 3.05) is 0 Å². The van der Waals surface area contributed by atoms with Crippen LogP contribution in [0.25, 0.3) is 0 Å². The number of hydrogen-bond donors (Lipinski definition) is 0. The first kappa shape index (κ1) is 11.3. The van der Waals surface area contributed by atoms with Crippen LogP contribution in [0.3, 0.4) is 0 Å². The average Bonchev–Trinajstić information content (AvgIpc) is 2.59. The second kappa shape index (κ2) is 5.74. The zero-order valence-corrected chi connectivity index (χ0v) is 10.0. The maximum absolute atomic E-state index is 5.90. The summed E-state index contributed by atoms with van der Waals surface area (Å²) in [6, 6.07) is 8.44. The van der Waals surface area contributed by atoms with E-state index in [0.29, 0.717) is 0 Å². The second-order valence-corrected chi connectivity index (χ2v) is 4.37. The van der Waals surface area contributed by atoms with Gasteiger partial charge in [-0.1, -0.05) is 25.5 Å². The van der Waals surface area contributed by atoms with Gasteiger partial charge < -0.3 is 4.74 Å². The molecule has 1 aromatic rings. The number of hydrogen-bond acceptors (Lipinski definition) is 1. The molecule has 16 heavy (non-hydrogen) atoms. The molecular weight excluding hydrogens is 196 g/mol. The van der Waals surface area contributed by atoms with E-state index in [1.54, 1.807) is 0 Å². The SMILES string of the molecule is CCc1ccc(OC2=CCCCCC2)cc1. The van der Waals surface area contributed by atoms with E-state index in [-0.39, 0.29) is 0 Å². The van der Waals surface area contributed by atoms with Crippen LogP contribution in [0.4, 0.5) is 0 Å². The number of aryl methyl sites for hydroxylation is 1. The summed E-state index contributed by atoms with van der Waals surface area (Å²) < 4.78 is 5.90. The summed E-state index contributed by atoms with van der Waals surface area (Å²) >= 11 is 0. The van der Waals surface area contributed by atoms with Crippen LogP contribution in [-0.4, -0.2) is 0 Å². The Hall–Kier alpha value is -1.24. The minimum atomic E-state index is 0.977. The van der Waals surface area contributed by atoms with Gasteiger partial charge in [0.1, 0.15) is 11.5 Å². The Bertz CT molecular complexity index is 348. The Balaban J connectivity index is 1.99. The van der Waals surface area contributed by atoms with Crippen LogP contribution in [0, 0.1) is 0 Å². The van der Waals surface area contributed by atoms with Crippen molar-refractivity contribution >= 4 is 0 Å². The predicted molar refractivity (Wildman–Crippen MR) is 67.6 cm³/mol. The molecule has 1 heteroatoms. The fourth-order valence-electron chi connectivity index (χ4n) is 2.02. The van der Waals surface area contributed by atoms with Crippen molar-refractivity contribution in [3.8, 4) is 5.75 Å².